The maximum absolute atomic E-state index is 12.2. The fourth-order valence-corrected chi connectivity index (χ4v) is 3.17. The molecule has 128 valence electrons. The maximum Gasteiger partial charge on any atom is 0.269 e. The number of hydrogen-bond donors (Lipinski definition) is 2. The van der Waals surface area contributed by atoms with Crippen molar-refractivity contribution in [2.24, 2.45) is 5.73 Å². The maximum atomic E-state index is 12.2. The predicted molar refractivity (Wildman–Crippen MR) is 88.2 cm³/mol. The van der Waals surface area contributed by atoms with Crippen LogP contribution < -0.4 is 15.2 Å². The molecule has 1 atom stereocenters. The van der Waals surface area contributed by atoms with Gasteiger partial charge in [0.15, 0.2) is 0 Å². The van der Waals surface area contributed by atoms with Gasteiger partial charge < -0.3 is 10.5 Å². The number of sulfonamides is 1. The van der Waals surface area contributed by atoms with Crippen LogP contribution in [0, 0.1) is 10.1 Å². The van der Waals surface area contributed by atoms with Crippen LogP contribution in [0.3, 0.4) is 0 Å². The Morgan fingerprint density at radius 3 is 2.42 bits per heavy atom. The van der Waals surface area contributed by atoms with E-state index in [4.69, 9.17) is 10.5 Å². The molecule has 0 spiro atoms. The average molecular weight is 351 g/mol. The number of benzene rings is 2. The minimum absolute atomic E-state index is 0.0420. The van der Waals surface area contributed by atoms with Gasteiger partial charge in [0.05, 0.1) is 16.9 Å². The third kappa shape index (κ3) is 4.07. The highest BCUT2D eigenvalue weighted by Crippen LogP contribution is 2.23. The summed E-state index contributed by atoms with van der Waals surface area (Å²) < 4.78 is 32.1. The molecule has 0 aliphatic carbocycles. The molecular formula is C15H17N3O5S. The summed E-state index contributed by atoms with van der Waals surface area (Å²) >= 11 is 0. The highest BCUT2D eigenvalue weighted by atomic mass is 32.2. The van der Waals surface area contributed by atoms with Gasteiger partial charge in [0.25, 0.3) is 5.69 Å². The molecule has 0 aliphatic rings. The summed E-state index contributed by atoms with van der Waals surface area (Å²) in [6, 6.07) is 11.1. The molecule has 0 aromatic heterocycles. The van der Waals surface area contributed by atoms with Crippen molar-refractivity contribution in [3.05, 3.63) is 64.2 Å². The lowest BCUT2D eigenvalue weighted by atomic mass is 10.1. The third-order valence-corrected chi connectivity index (χ3v) is 4.83. The molecule has 0 heterocycles. The highest BCUT2D eigenvalue weighted by Gasteiger charge is 2.18. The van der Waals surface area contributed by atoms with E-state index in [0.717, 1.165) is 12.1 Å². The smallest absolute Gasteiger partial charge is 0.269 e. The van der Waals surface area contributed by atoms with E-state index >= 15 is 0 Å². The normalized spacial score (nSPS) is 12.6. The van der Waals surface area contributed by atoms with Crippen molar-refractivity contribution in [3.63, 3.8) is 0 Å². The SMILES string of the molecule is COc1ccccc1C(N)CNS(=O)(=O)c1ccc([N+](=O)[O-])cc1. The first-order valence-corrected chi connectivity index (χ1v) is 8.46. The monoisotopic (exact) mass is 351 g/mol. The first kappa shape index (κ1) is 17.9. The molecular weight excluding hydrogens is 334 g/mol. The summed E-state index contributed by atoms with van der Waals surface area (Å²) in [5.74, 6) is 0.569. The Labute approximate surface area is 139 Å². The Morgan fingerprint density at radius 2 is 1.83 bits per heavy atom. The van der Waals surface area contributed by atoms with Crippen LogP contribution in [0.2, 0.25) is 0 Å². The fourth-order valence-electron chi connectivity index (χ4n) is 2.11. The second-order valence-corrected chi connectivity index (χ2v) is 6.72. The van der Waals surface area contributed by atoms with Gasteiger partial charge in [0.1, 0.15) is 5.75 Å². The van der Waals surface area contributed by atoms with E-state index in [2.05, 4.69) is 4.72 Å². The largest absolute Gasteiger partial charge is 0.496 e. The van der Waals surface area contributed by atoms with Crippen LogP contribution in [0.1, 0.15) is 11.6 Å². The Bertz CT molecular complexity index is 821. The van der Waals surface area contributed by atoms with Gasteiger partial charge in [-0.2, -0.15) is 0 Å². The molecule has 0 amide bonds. The molecule has 0 saturated heterocycles. The zero-order valence-electron chi connectivity index (χ0n) is 12.9. The van der Waals surface area contributed by atoms with E-state index in [0.29, 0.717) is 11.3 Å². The van der Waals surface area contributed by atoms with E-state index < -0.39 is 21.0 Å². The first-order valence-electron chi connectivity index (χ1n) is 6.98. The van der Waals surface area contributed by atoms with Crippen LogP contribution in [0.5, 0.6) is 5.75 Å². The number of rotatable bonds is 7. The second-order valence-electron chi connectivity index (χ2n) is 4.95. The van der Waals surface area contributed by atoms with Gasteiger partial charge in [-0.1, -0.05) is 18.2 Å². The van der Waals surface area contributed by atoms with Crippen LogP contribution >= 0.6 is 0 Å². The number of nitrogens with one attached hydrogen (secondary N) is 1. The lowest BCUT2D eigenvalue weighted by molar-refractivity contribution is -0.384. The average Bonchev–Trinajstić information content (AvgIpc) is 2.59. The van der Waals surface area contributed by atoms with E-state index in [9.17, 15) is 18.5 Å². The Balaban J connectivity index is 2.10. The molecule has 0 fully saturated rings. The number of non-ortho nitro benzene ring substituents is 1. The van der Waals surface area contributed by atoms with Crippen molar-refractivity contribution in [2.75, 3.05) is 13.7 Å². The number of nitro groups is 1. The van der Waals surface area contributed by atoms with Crippen LogP contribution in [0.15, 0.2) is 53.4 Å². The summed E-state index contributed by atoms with van der Waals surface area (Å²) in [4.78, 5) is 9.94. The molecule has 2 rings (SSSR count). The van der Waals surface area contributed by atoms with Crippen LogP contribution in [-0.2, 0) is 10.0 Å². The fraction of sp³-hybridized carbons (Fsp3) is 0.200. The summed E-state index contributed by atoms with van der Waals surface area (Å²) in [6.45, 7) is -0.0420. The lowest BCUT2D eigenvalue weighted by Crippen LogP contribution is -2.32. The van der Waals surface area contributed by atoms with Gasteiger partial charge in [-0.3, -0.25) is 10.1 Å². The van der Waals surface area contributed by atoms with Crippen molar-refractivity contribution in [1.29, 1.82) is 0 Å². The van der Waals surface area contributed by atoms with Gasteiger partial charge in [-0.05, 0) is 18.2 Å². The molecule has 8 nitrogen and oxygen atoms in total. The summed E-state index contributed by atoms with van der Waals surface area (Å²) in [6.07, 6.45) is 0. The van der Waals surface area contributed by atoms with E-state index in [1.54, 1.807) is 24.3 Å². The molecule has 2 aromatic carbocycles. The minimum atomic E-state index is -3.82. The standard InChI is InChI=1S/C15H17N3O5S/c1-23-15-5-3-2-4-13(15)14(16)10-17-24(21,22)12-8-6-11(7-9-12)18(19)20/h2-9,14,17H,10,16H2,1H3. The Kier molecular flexibility index (Phi) is 5.50. The highest BCUT2D eigenvalue weighted by molar-refractivity contribution is 7.89. The summed E-state index contributed by atoms with van der Waals surface area (Å²) in [5, 5.41) is 10.6. The number of hydrogen-bond acceptors (Lipinski definition) is 6. The number of nitrogens with two attached hydrogens (primary N) is 1. The Morgan fingerprint density at radius 1 is 1.21 bits per heavy atom. The molecule has 0 aliphatic heterocycles. The molecule has 9 heteroatoms. The van der Waals surface area contributed by atoms with Gasteiger partial charge >= 0.3 is 0 Å². The molecule has 2 aromatic rings. The quantitative estimate of drug-likeness (QED) is 0.576. The van der Waals surface area contributed by atoms with Crippen molar-refractivity contribution < 1.29 is 18.1 Å². The van der Waals surface area contributed by atoms with E-state index in [-0.39, 0.29) is 17.1 Å². The number of methoxy groups -OCH3 is 1. The van der Waals surface area contributed by atoms with Gasteiger partial charge in [-0.25, -0.2) is 13.1 Å². The van der Waals surface area contributed by atoms with Crippen molar-refractivity contribution in [1.82, 2.24) is 4.72 Å². The lowest BCUT2D eigenvalue weighted by Gasteiger charge is -2.16. The van der Waals surface area contributed by atoms with E-state index in [1.165, 1.54) is 19.2 Å². The molecule has 1 unspecified atom stereocenters. The molecule has 0 bridgehead atoms. The number of nitrogens with zero attached hydrogens (tertiary/aromatic N) is 1. The zero-order chi connectivity index (χ0) is 17.7. The first-order chi connectivity index (χ1) is 11.3. The van der Waals surface area contributed by atoms with Crippen molar-refractivity contribution in [3.8, 4) is 5.75 Å². The Hall–Kier alpha value is -2.49. The topological polar surface area (TPSA) is 125 Å². The summed E-state index contributed by atoms with van der Waals surface area (Å²) in [5.41, 5.74) is 6.52. The summed E-state index contributed by atoms with van der Waals surface area (Å²) in [7, 11) is -2.31. The molecule has 3 N–H and O–H groups in total. The van der Waals surface area contributed by atoms with Gasteiger partial charge in [-0.15, -0.1) is 0 Å². The number of ether oxygens (including phenoxy) is 1. The molecule has 0 radical (unpaired) electrons. The van der Waals surface area contributed by atoms with E-state index in [1.807, 2.05) is 0 Å². The molecule has 24 heavy (non-hydrogen) atoms. The van der Waals surface area contributed by atoms with Crippen LogP contribution in [0.4, 0.5) is 5.69 Å². The number of nitro benzene ring substituents is 1. The second kappa shape index (κ2) is 7.39. The van der Waals surface area contributed by atoms with Crippen LogP contribution in [-0.4, -0.2) is 27.0 Å². The number of para-hydroxylation sites is 1. The van der Waals surface area contributed by atoms with Crippen molar-refractivity contribution >= 4 is 15.7 Å². The van der Waals surface area contributed by atoms with Crippen molar-refractivity contribution in [2.45, 2.75) is 10.9 Å². The van der Waals surface area contributed by atoms with Gasteiger partial charge in [0.2, 0.25) is 10.0 Å². The van der Waals surface area contributed by atoms with Crippen LogP contribution in [0.25, 0.3) is 0 Å². The van der Waals surface area contributed by atoms with Gasteiger partial charge in [0, 0.05) is 30.3 Å². The third-order valence-electron chi connectivity index (χ3n) is 3.39. The zero-order valence-corrected chi connectivity index (χ0v) is 13.7. The molecule has 0 saturated carbocycles. The minimum Gasteiger partial charge on any atom is -0.496 e. The predicted octanol–water partition coefficient (Wildman–Crippen LogP) is 1.58.